The highest BCUT2D eigenvalue weighted by molar-refractivity contribution is 7.90. The van der Waals surface area contributed by atoms with Crippen molar-refractivity contribution in [1.82, 2.24) is 19.6 Å². The molecule has 0 unspecified atom stereocenters. The van der Waals surface area contributed by atoms with Crippen LogP contribution in [0.1, 0.15) is 99.5 Å². The number of fused-ring (bicyclic) bond motifs is 3. The molecule has 0 bridgehead atoms. The van der Waals surface area contributed by atoms with Crippen LogP contribution in [0.25, 0.3) is 11.0 Å². The van der Waals surface area contributed by atoms with E-state index >= 15 is 0 Å². The number of amides is 1. The van der Waals surface area contributed by atoms with E-state index in [2.05, 4.69) is 54.0 Å². The Hall–Kier alpha value is -5.99. The van der Waals surface area contributed by atoms with E-state index < -0.39 is 43.1 Å². The summed E-state index contributed by atoms with van der Waals surface area (Å²) in [7, 11) is -4.62. The van der Waals surface area contributed by atoms with Crippen molar-refractivity contribution in [2.45, 2.75) is 118 Å². The predicted molar refractivity (Wildman–Crippen MR) is 274 cm³/mol. The Kier molecular flexibility index (Phi) is 12.5. The number of nitrogens with zero attached hydrogens (tertiary/aromatic N) is 5. The second-order valence-electron chi connectivity index (χ2n) is 21.8. The largest absolute Gasteiger partial charge is 0.490 e. The smallest absolute Gasteiger partial charge is 0.293 e. The van der Waals surface area contributed by atoms with E-state index in [0.29, 0.717) is 80.7 Å². The van der Waals surface area contributed by atoms with Crippen molar-refractivity contribution in [2.75, 3.05) is 67.7 Å². The van der Waals surface area contributed by atoms with E-state index in [1.807, 2.05) is 31.2 Å². The van der Waals surface area contributed by atoms with E-state index in [9.17, 15) is 28.4 Å². The second-order valence-corrected chi connectivity index (χ2v) is 23.5. The number of H-pyrrole nitrogens is 1. The number of nitrogens with one attached hydrogen (secondary N) is 3. The third-order valence-electron chi connectivity index (χ3n) is 16.8. The minimum absolute atomic E-state index is 0.110. The molecule has 3 atom stereocenters. The Morgan fingerprint density at radius 2 is 1.73 bits per heavy atom. The van der Waals surface area contributed by atoms with Gasteiger partial charge >= 0.3 is 0 Å². The molecule has 0 radical (unpaired) electrons. The monoisotopic (exact) mass is 1020 g/mol. The van der Waals surface area contributed by atoms with Crippen LogP contribution < -0.4 is 29.3 Å². The molecule has 3 saturated heterocycles. The number of carbonyl (C=O) groups excluding carboxylic acids is 1. The lowest BCUT2D eigenvalue weighted by molar-refractivity contribution is -0.384. The van der Waals surface area contributed by atoms with E-state index in [-0.39, 0.29) is 34.7 Å². The Balaban J connectivity index is 0.809. The van der Waals surface area contributed by atoms with Gasteiger partial charge in [0.25, 0.3) is 21.6 Å². The van der Waals surface area contributed by atoms with E-state index in [4.69, 9.17) is 23.9 Å². The molecule has 4 N–H and O–H groups in total. The number of pyridine rings is 1. The standard InChI is InChI=1S/C54H64N8O10S/c1-53(64)16-12-34(13-17-53)31-56-42-11-9-39(28-45(42)62(65)66)73(67,68)58-51(63)41-10-6-36(27-44(41)61-43-15-24-69-33-49(43)72-52-46(61)26-35-14-20-55-50(35)57-52)59-21-18-54(19-22-59)29-37(30-54)60-23-25-70-32-47(60)40-4-2-3-5-48(40)71-38-7-8-38/h2-6,9-11,14,20,26-28,34,37-38,43,47,49,56,64H,7-8,12-13,15-19,21-25,29-33H2,1H3,(H,55,57)(H,58,63)/t34-,43-,47-,49-,53-/m0/s1. The summed E-state index contributed by atoms with van der Waals surface area (Å²) < 4.78 is 55.5. The minimum atomic E-state index is -4.62. The molecule has 73 heavy (non-hydrogen) atoms. The normalized spacial score (nSPS) is 26.3. The van der Waals surface area contributed by atoms with Crippen LogP contribution in [0.4, 0.5) is 28.4 Å². The molecule has 19 heteroatoms. The van der Waals surface area contributed by atoms with Gasteiger partial charge in [-0.2, -0.15) is 4.98 Å². The van der Waals surface area contributed by atoms with Gasteiger partial charge in [0.15, 0.2) is 0 Å². The number of nitro groups is 1. The fourth-order valence-electron chi connectivity index (χ4n) is 12.4. The zero-order chi connectivity index (χ0) is 50.1. The molecule has 1 amide bonds. The molecule has 4 aliphatic heterocycles. The van der Waals surface area contributed by atoms with Gasteiger partial charge in [0.1, 0.15) is 28.9 Å². The molecule has 3 aliphatic carbocycles. The topological polar surface area (TPSA) is 214 Å². The molecule has 18 nitrogen and oxygen atoms in total. The summed E-state index contributed by atoms with van der Waals surface area (Å²) in [5, 5.41) is 26.8. The highest BCUT2D eigenvalue weighted by atomic mass is 32.2. The number of rotatable bonds is 13. The van der Waals surface area contributed by atoms with Crippen molar-refractivity contribution < 1.29 is 42.2 Å². The summed E-state index contributed by atoms with van der Waals surface area (Å²) in [5.41, 5.74) is 3.26. The van der Waals surface area contributed by atoms with Crippen LogP contribution in [-0.4, -0.2) is 122 Å². The fraction of sp³-hybridized carbons (Fsp3) is 0.519. The Bertz CT molecular complexity index is 3010. The van der Waals surface area contributed by atoms with E-state index in [0.717, 1.165) is 100 Å². The summed E-state index contributed by atoms with van der Waals surface area (Å²) >= 11 is 0. The lowest BCUT2D eigenvalue weighted by atomic mass is 9.59. The molecule has 6 fully saturated rings. The summed E-state index contributed by atoms with van der Waals surface area (Å²) in [5.74, 6) is 0.657. The lowest BCUT2D eigenvalue weighted by Gasteiger charge is -2.57. The summed E-state index contributed by atoms with van der Waals surface area (Å²) in [6, 6.07) is 21.9. The van der Waals surface area contributed by atoms with E-state index in [1.165, 1.54) is 17.7 Å². The van der Waals surface area contributed by atoms with Crippen LogP contribution in [0.3, 0.4) is 0 Å². The quantitative estimate of drug-likeness (QED) is 0.0650. The van der Waals surface area contributed by atoms with Crippen LogP contribution in [0.15, 0.2) is 83.9 Å². The highest BCUT2D eigenvalue weighted by Gasteiger charge is 2.50. The number of para-hydroxylation sites is 1. The van der Waals surface area contributed by atoms with Gasteiger partial charge in [-0.05, 0) is 137 Å². The first-order chi connectivity index (χ1) is 35.3. The third kappa shape index (κ3) is 9.58. The number of morpholine rings is 1. The number of benzene rings is 3. The van der Waals surface area contributed by atoms with Crippen LogP contribution in [0.5, 0.6) is 11.6 Å². The maximum atomic E-state index is 14.7. The Morgan fingerprint density at radius 1 is 0.932 bits per heavy atom. The Morgan fingerprint density at radius 3 is 2.52 bits per heavy atom. The van der Waals surface area contributed by atoms with Crippen molar-refractivity contribution >= 4 is 55.4 Å². The number of aromatic nitrogens is 2. The molecule has 5 aromatic rings. The van der Waals surface area contributed by atoms with E-state index in [1.54, 1.807) is 12.3 Å². The number of hydrogen-bond acceptors (Lipinski definition) is 15. The van der Waals surface area contributed by atoms with Gasteiger partial charge in [-0.3, -0.25) is 19.8 Å². The Labute approximate surface area is 424 Å². The van der Waals surface area contributed by atoms with Crippen LogP contribution >= 0.6 is 0 Å². The maximum absolute atomic E-state index is 14.7. The zero-order valence-corrected chi connectivity index (χ0v) is 42.0. The van der Waals surface area contributed by atoms with Gasteiger partial charge in [0.2, 0.25) is 5.88 Å². The number of carbonyl (C=O) groups is 1. The number of piperidine rings is 1. The molecule has 7 aliphatic rings. The molecular formula is C54H64N8O10S. The van der Waals surface area contributed by atoms with Crippen LogP contribution in [-0.2, 0) is 19.5 Å². The number of hydrogen-bond donors (Lipinski definition) is 4. The van der Waals surface area contributed by atoms with Crippen molar-refractivity contribution in [3.05, 3.63) is 100 Å². The number of aliphatic hydroxyl groups is 1. The van der Waals surface area contributed by atoms with Gasteiger partial charge in [-0.1, -0.05) is 18.2 Å². The van der Waals surface area contributed by atoms with Crippen molar-refractivity contribution in [3.8, 4) is 11.6 Å². The van der Waals surface area contributed by atoms with Gasteiger partial charge in [-0.15, -0.1) is 0 Å². The fourth-order valence-corrected chi connectivity index (χ4v) is 13.4. The number of anilines is 4. The molecule has 2 aromatic heterocycles. The lowest BCUT2D eigenvalue weighted by Crippen LogP contribution is -2.57. The highest BCUT2D eigenvalue weighted by Crippen LogP contribution is 2.54. The number of sulfonamides is 1. The van der Waals surface area contributed by atoms with Gasteiger partial charge in [0, 0.05) is 67.7 Å². The second kappa shape index (κ2) is 19.1. The van der Waals surface area contributed by atoms with Crippen LogP contribution in [0, 0.1) is 21.4 Å². The third-order valence-corrected chi connectivity index (χ3v) is 18.1. The number of aromatic amines is 1. The minimum Gasteiger partial charge on any atom is -0.490 e. The van der Waals surface area contributed by atoms with Crippen molar-refractivity contribution in [2.24, 2.45) is 11.3 Å². The molecule has 3 saturated carbocycles. The summed E-state index contributed by atoms with van der Waals surface area (Å²) in [6.07, 6.45) is 11.5. The van der Waals surface area contributed by atoms with Crippen molar-refractivity contribution in [1.29, 1.82) is 0 Å². The summed E-state index contributed by atoms with van der Waals surface area (Å²) in [4.78, 5) is 41.2. The van der Waals surface area contributed by atoms with Gasteiger partial charge < -0.3 is 44.2 Å². The number of nitro benzene ring substituents is 1. The average molecular weight is 1020 g/mol. The number of ether oxygens (including phenoxy) is 4. The predicted octanol–water partition coefficient (Wildman–Crippen LogP) is 7.99. The molecular weight excluding hydrogens is 953 g/mol. The maximum Gasteiger partial charge on any atom is 0.293 e. The van der Waals surface area contributed by atoms with Gasteiger partial charge in [-0.25, -0.2) is 13.1 Å². The SMILES string of the molecule is C[C@]1(O)CC[C@H](CNc2ccc(S(=O)(=O)NC(=O)c3ccc(N4CCC5(CC4)CC(N4CCOC[C@H]4c4ccccc4OC4CC4)C5)cc3N3c4cc5cc[nH]c5nc4O[C@H]4COCC[C@@H]43)cc2[N+](=O)[O-])CC1. The average Bonchev–Trinajstić information content (AvgIpc) is 4.09. The first-order valence-electron chi connectivity index (χ1n) is 26.1. The summed E-state index contributed by atoms with van der Waals surface area (Å²) in [6.45, 7) is 6.90. The zero-order valence-electron chi connectivity index (χ0n) is 41.2. The molecule has 3 aromatic carbocycles. The first kappa shape index (κ1) is 48.0. The molecule has 12 rings (SSSR count). The first-order valence-corrected chi connectivity index (χ1v) is 27.6. The van der Waals surface area contributed by atoms with Crippen molar-refractivity contribution in [3.63, 3.8) is 0 Å². The molecule has 1 spiro atoms. The molecule has 6 heterocycles. The van der Waals surface area contributed by atoms with Gasteiger partial charge in [0.05, 0.1) is 64.7 Å². The molecule has 386 valence electrons. The van der Waals surface area contributed by atoms with Crippen LogP contribution in [0.2, 0.25) is 0 Å².